The van der Waals surface area contributed by atoms with Gasteiger partial charge in [0.2, 0.25) is 5.69 Å². The number of carbonyl (C=O) groups excluding carboxylic acids is 1. The lowest BCUT2D eigenvalue weighted by molar-refractivity contribution is 0.0935. The molecule has 2 heterocycles. The van der Waals surface area contributed by atoms with E-state index < -0.39 is 5.91 Å². The second kappa shape index (κ2) is 8.94. The molecule has 0 aliphatic heterocycles. The lowest BCUT2D eigenvalue weighted by Gasteiger charge is -2.13. The minimum absolute atomic E-state index is 0.0483. The molecular formula is C23H16Cl2N4OS. The van der Waals surface area contributed by atoms with Crippen LogP contribution in [0.15, 0.2) is 66.0 Å². The largest absolute Gasteiger partial charge is 0.345 e. The molecule has 1 amide bonds. The van der Waals surface area contributed by atoms with Gasteiger partial charge in [-0.3, -0.25) is 4.79 Å². The van der Waals surface area contributed by atoms with E-state index in [0.717, 1.165) is 10.4 Å². The Morgan fingerprint density at radius 2 is 1.94 bits per heavy atom. The van der Waals surface area contributed by atoms with E-state index in [1.807, 2.05) is 54.8 Å². The van der Waals surface area contributed by atoms with Crippen molar-refractivity contribution in [3.05, 3.63) is 98.8 Å². The smallest absolute Gasteiger partial charge is 0.261 e. The number of nitrogens with zero attached hydrogens (tertiary/aromatic N) is 3. The molecule has 0 bridgehead atoms. The fraction of sp³-hybridized carbons (Fsp3) is 0.0870. The van der Waals surface area contributed by atoms with Gasteiger partial charge in [0.15, 0.2) is 5.69 Å². The van der Waals surface area contributed by atoms with Crippen LogP contribution in [0.3, 0.4) is 0 Å². The van der Waals surface area contributed by atoms with Gasteiger partial charge in [0.05, 0.1) is 29.0 Å². The van der Waals surface area contributed by atoms with E-state index in [-0.39, 0.29) is 17.4 Å². The Morgan fingerprint density at radius 1 is 1.16 bits per heavy atom. The van der Waals surface area contributed by atoms with Crippen molar-refractivity contribution < 1.29 is 4.79 Å². The van der Waals surface area contributed by atoms with Gasteiger partial charge in [-0.15, -0.1) is 11.3 Å². The first-order chi connectivity index (χ1) is 15.0. The predicted molar refractivity (Wildman–Crippen MR) is 125 cm³/mol. The van der Waals surface area contributed by atoms with E-state index in [1.54, 1.807) is 22.9 Å². The van der Waals surface area contributed by atoms with Crippen molar-refractivity contribution in [2.75, 3.05) is 0 Å². The molecule has 8 heteroatoms. The molecule has 5 nitrogen and oxygen atoms in total. The highest BCUT2D eigenvalue weighted by molar-refractivity contribution is 7.13. The lowest BCUT2D eigenvalue weighted by Crippen LogP contribution is -2.27. The van der Waals surface area contributed by atoms with Crippen molar-refractivity contribution in [3.8, 4) is 16.3 Å². The summed E-state index contributed by atoms with van der Waals surface area (Å²) in [5.74, 6) is -0.427. The van der Waals surface area contributed by atoms with Crippen molar-refractivity contribution in [3.63, 3.8) is 0 Å². The van der Waals surface area contributed by atoms with Gasteiger partial charge in [-0.05, 0) is 42.1 Å². The number of thiophene rings is 1. The van der Waals surface area contributed by atoms with Crippen LogP contribution in [0.5, 0.6) is 0 Å². The monoisotopic (exact) mass is 466 g/mol. The van der Waals surface area contributed by atoms with Crippen LogP contribution in [0.4, 0.5) is 5.69 Å². The Bertz CT molecular complexity index is 1280. The minimum Gasteiger partial charge on any atom is -0.345 e. The zero-order chi connectivity index (χ0) is 22.0. The van der Waals surface area contributed by atoms with E-state index in [2.05, 4.69) is 15.3 Å². The molecule has 1 atom stereocenters. The molecule has 0 aliphatic carbocycles. The SMILES string of the molecule is [C-]#[N+]c1c(C(=O)N[C@H](C)c2ccccc2)nn(-c2ccc(Cl)cc2Cl)c1-c1cccs1. The van der Waals surface area contributed by atoms with Crippen LogP contribution < -0.4 is 5.32 Å². The fourth-order valence-corrected chi connectivity index (χ4v) is 4.46. The molecule has 0 aliphatic rings. The van der Waals surface area contributed by atoms with E-state index in [0.29, 0.717) is 21.4 Å². The molecule has 154 valence electrons. The normalized spacial score (nSPS) is 11.7. The van der Waals surface area contributed by atoms with E-state index >= 15 is 0 Å². The molecule has 4 rings (SSSR count). The highest BCUT2D eigenvalue weighted by Gasteiger charge is 2.27. The maximum Gasteiger partial charge on any atom is 0.261 e. The van der Waals surface area contributed by atoms with Crippen LogP contribution in [0, 0.1) is 6.57 Å². The first kappa shape index (κ1) is 21.1. The maximum atomic E-state index is 13.1. The van der Waals surface area contributed by atoms with Crippen LogP contribution in [0.25, 0.3) is 21.1 Å². The van der Waals surface area contributed by atoms with E-state index in [1.165, 1.54) is 11.3 Å². The summed E-state index contributed by atoms with van der Waals surface area (Å²) in [7, 11) is 0. The molecule has 2 aromatic carbocycles. The lowest BCUT2D eigenvalue weighted by atomic mass is 10.1. The molecule has 2 aromatic heterocycles. The van der Waals surface area contributed by atoms with Crippen molar-refractivity contribution in [1.29, 1.82) is 0 Å². The second-order valence-electron chi connectivity index (χ2n) is 6.75. The Balaban J connectivity index is 1.82. The summed E-state index contributed by atoms with van der Waals surface area (Å²) >= 11 is 13.9. The van der Waals surface area contributed by atoms with Crippen LogP contribution in [-0.4, -0.2) is 15.7 Å². The molecule has 0 spiro atoms. The summed E-state index contributed by atoms with van der Waals surface area (Å²) in [5.41, 5.74) is 2.23. The first-order valence-electron chi connectivity index (χ1n) is 9.35. The summed E-state index contributed by atoms with van der Waals surface area (Å²) < 4.78 is 1.54. The number of aromatic nitrogens is 2. The number of amides is 1. The first-order valence-corrected chi connectivity index (χ1v) is 11.0. The molecule has 4 aromatic rings. The molecule has 31 heavy (non-hydrogen) atoms. The summed E-state index contributed by atoms with van der Waals surface area (Å²) in [4.78, 5) is 17.6. The van der Waals surface area contributed by atoms with Gasteiger partial charge < -0.3 is 5.32 Å². The van der Waals surface area contributed by atoms with Gasteiger partial charge in [0.25, 0.3) is 5.91 Å². The van der Waals surface area contributed by atoms with Gasteiger partial charge in [-0.25, -0.2) is 9.53 Å². The van der Waals surface area contributed by atoms with Gasteiger partial charge in [-0.1, -0.05) is 59.6 Å². The van der Waals surface area contributed by atoms with Crippen molar-refractivity contribution in [2.24, 2.45) is 0 Å². The number of hydrogen-bond acceptors (Lipinski definition) is 3. The number of hydrogen-bond donors (Lipinski definition) is 1. The third-order valence-corrected chi connectivity index (χ3v) is 6.14. The highest BCUT2D eigenvalue weighted by atomic mass is 35.5. The minimum atomic E-state index is -0.427. The van der Waals surface area contributed by atoms with Crippen molar-refractivity contribution in [1.82, 2.24) is 15.1 Å². The van der Waals surface area contributed by atoms with Gasteiger partial charge in [0, 0.05) is 9.90 Å². The molecule has 0 saturated carbocycles. The second-order valence-corrected chi connectivity index (χ2v) is 8.54. The van der Waals surface area contributed by atoms with Gasteiger partial charge in [-0.2, -0.15) is 5.10 Å². The molecular weight excluding hydrogens is 451 g/mol. The molecule has 0 fully saturated rings. The van der Waals surface area contributed by atoms with E-state index in [4.69, 9.17) is 29.8 Å². The number of benzene rings is 2. The third kappa shape index (κ3) is 4.21. The van der Waals surface area contributed by atoms with Crippen LogP contribution >= 0.6 is 34.5 Å². The summed E-state index contributed by atoms with van der Waals surface area (Å²) in [6.45, 7) is 9.66. The van der Waals surface area contributed by atoms with Crippen molar-refractivity contribution >= 4 is 46.1 Å². The highest BCUT2D eigenvalue weighted by Crippen LogP contribution is 2.39. The average molecular weight is 467 g/mol. The van der Waals surface area contributed by atoms with Gasteiger partial charge in [0.1, 0.15) is 0 Å². The Hall–Kier alpha value is -3.11. The Kier molecular flexibility index (Phi) is 6.10. The summed E-state index contributed by atoms with van der Waals surface area (Å²) in [5, 5.41) is 10.2. The average Bonchev–Trinajstić information content (AvgIpc) is 3.41. The fourth-order valence-electron chi connectivity index (χ4n) is 3.22. The Labute approximate surface area is 193 Å². The molecule has 0 radical (unpaired) electrons. The van der Waals surface area contributed by atoms with E-state index in [9.17, 15) is 4.79 Å². The van der Waals surface area contributed by atoms with Crippen LogP contribution in [0.2, 0.25) is 10.0 Å². The zero-order valence-corrected chi connectivity index (χ0v) is 18.7. The molecule has 1 N–H and O–H groups in total. The zero-order valence-electron chi connectivity index (χ0n) is 16.3. The summed E-state index contributed by atoms with van der Waals surface area (Å²) in [6, 6.07) is 18.1. The Morgan fingerprint density at radius 3 is 2.58 bits per heavy atom. The number of nitrogens with one attached hydrogen (secondary N) is 1. The van der Waals surface area contributed by atoms with Gasteiger partial charge >= 0.3 is 0 Å². The van der Waals surface area contributed by atoms with Crippen molar-refractivity contribution in [2.45, 2.75) is 13.0 Å². The number of rotatable bonds is 5. The topological polar surface area (TPSA) is 51.3 Å². The third-order valence-electron chi connectivity index (χ3n) is 4.73. The quantitative estimate of drug-likeness (QED) is 0.323. The molecule has 0 saturated heterocycles. The standard InChI is InChI=1S/C23H16Cl2N4OS/c1-14(15-7-4-3-5-8-15)27-23(30)21-20(26-2)22(19-9-6-12-31-19)29(28-21)18-11-10-16(24)13-17(18)25/h3-14H,1H3,(H,27,30)/t14-/m1/s1. The maximum absolute atomic E-state index is 13.1. The predicted octanol–water partition coefficient (Wildman–Crippen LogP) is 6.95. The number of carbonyl (C=O) groups is 1. The van der Waals surface area contributed by atoms with Crippen LogP contribution in [0.1, 0.15) is 29.0 Å². The van der Waals surface area contributed by atoms with Crippen LogP contribution in [-0.2, 0) is 0 Å². The number of halogens is 2. The molecule has 0 unspecified atom stereocenters. The summed E-state index contributed by atoms with van der Waals surface area (Å²) in [6.07, 6.45) is 0.